The zero-order valence-corrected chi connectivity index (χ0v) is 20.2. The Morgan fingerprint density at radius 2 is 2.09 bits per heavy atom. The maximum absolute atomic E-state index is 12.4. The molecule has 1 fully saturated rings. The Morgan fingerprint density at radius 3 is 2.72 bits per heavy atom. The van der Waals surface area contributed by atoms with E-state index in [0.717, 1.165) is 36.0 Å². The van der Waals surface area contributed by atoms with Gasteiger partial charge in [0.05, 0.1) is 0 Å². The van der Waals surface area contributed by atoms with Crippen molar-refractivity contribution in [3.05, 3.63) is 71.0 Å². The minimum Gasteiger partial charge on any atom is -0.441 e. The SMILES string of the molecule is C=C(OC(COCC)=NC)/C(=C/CC)C/C=C\C(C)c1cc(C(=O)NC2CC2)ccc1C. The van der Waals surface area contributed by atoms with E-state index in [1.54, 1.807) is 7.05 Å². The summed E-state index contributed by atoms with van der Waals surface area (Å²) in [5.41, 5.74) is 4.11. The highest BCUT2D eigenvalue weighted by Gasteiger charge is 2.24. The van der Waals surface area contributed by atoms with Crippen LogP contribution >= 0.6 is 0 Å². The topological polar surface area (TPSA) is 59.9 Å². The molecule has 0 bridgehead atoms. The molecule has 1 aromatic carbocycles. The van der Waals surface area contributed by atoms with E-state index in [0.29, 0.717) is 37.3 Å². The normalized spacial score (nSPS) is 15.7. The average molecular weight is 439 g/mol. The van der Waals surface area contributed by atoms with Gasteiger partial charge in [0.25, 0.3) is 5.91 Å². The summed E-state index contributed by atoms with van der Waals surface area (Å²) in [5, 5.41) is 3.07. The molecule has 5 heteroatoms. The zero-order chi connectivity index (χ0) is 23.5. The molecule has 5 nitrogen and oxygen atoms in total. The first-order valence-electron chi connectivity index (χ1n) is 11.6. The lowest BCUT2D eigenvalue weighted by atomic mass is 9.93. The van der Waals surface area contributed by atoms with Crippen molar-refractivity contribution in [2.75, 3.05) is 20.3 Å². The second-order valence-electron chi connectivity index (χ2n) is 8.16. The monoisotopic (exact) mass is 438 g/mol. The molecule has 0 radical (unpaired) electrons. The van der Waals surface area contributed by atoms with E-state index < -0.39 is 0 Å². The lowest BCUT2D eigenvalue weighted by Crippen LogP contribution is -2.25. The molecule has 1 unspecified atom stereocenters. The Labute approximate surface area is 193 Å². The molecule has 1 saturated carbocycles. The molecule has 2 rings (SSSR count). The maximum Gasteiger partial charge on any atom is 0.251 e. The first kappa shape index (κ1) is 25.6. The number of amides is 1. The third-order valence-electron chi connectivity index (χ3n) is 5.44. The van der Waals surface area contributed by atoms with Crippen LogP contribution in [0.15, 0.2) is 59.3 Å². The number of hydrogen-bond donors (Lipinski definition) is 1. The standard InChI is InChI=1S/C27H38N2O3/c1-7-10-22(21(5)32-26(28-6)18-31-8-2)12-9-11-19(3)25-17-23(14-13-20(25)4)27(30)29-24-15-16-24/h9-11,13-14,17,19,24H,5,7-8,12,15-16,18H2,1-4,6H3,(H,29,30)/b11-9-,22-10+,28-26?. The lowest BCUT2D eigenvalue weighted by molar-refractivity contribution is 0.0951. The van der Waals surface area contributed by atoms with Crippen LogP contribution in [0.4, 0.5) is 0 Å². The van der Waals surface area contributed by atoms with Gasteiger partial charge in [-0.25, -0.2) is 0 Å². The highest BCUT2D eigenvalue weighted by Crippen LogP contribution is 2.25. The number of benzene rings is 1. The van der Waals surface area contributed by atoms with Crippen molar-refractivity contribution in [2.45, 2.75) is 65.3 Å². The fourth-order valence-corrected chi connectivity index (χ4v) is 3.37. The molecule has 0 aromatic heterocycles. The van der Waals surface area contributed by atoms with Crippen LogP contribution in [0.3, 0.4) is 0 Å². The van der Waals surface area contributed by atoms with Crippen LogP contribution in [0.5, 0.6) is 0 Å². The molecule has 1 N–H and O–H groups in total. The molecule has 0 heterocycles. The number of ether oxygens (including phenoxy) is 2. The first-order chi connectivity index (χ1) is 15.4. The number of allylic oxidation sites excluding steroid dienone is 4. The molecule has 1 aliphatic carbocycles. The summed E-state index contributed by atoms with van der Waals surface area (Å²) in [6, 6.07) is 6.31. The summed E-state index contributed by atoms with van der Waals surface area (Å²) in [5.74, 6) is 1.32. The Balaban J connectivity index is 2.03. The first-order valence-corrected chi connectivity index (χ1v) is 11.6. The van der Waals surface area contributed by atoms with Crippen molar-refractivity contribution in [1.29, 1.82) is 0 Å². The van der Waals surface area contributed by atoms with Gasteiger partial charge in [0, 0.05) is 25.3 Å². The molecule has 1 atom stereocenters. The maximum atomic E-state index is 12.4. The van der Waals surface area contributed by atoms with Gasteiger partial charge in [-0.3, -0.25) is 9.79 Å². The average Bonchev–Trinajstić information content (AvgIpc) is 3.59. The van der Waals surface area contributed by atoms with Gasteiger partial charge >= 0.3 is 0 Å². The van der Waals surface area contributed by atoms with Gasteiger partial charge in [-0.2, -0.15) is 0 Å². The smallest absolute Gasteiger partial charge is 0.251 e. The summed E-state index contributed by atoms with van der Waals surface area (Å²) in [7, 11) is 1.69. The molecular weight excluding hydrogens is 400 g/mol. The fourth-order valence-electron chi connectivity index (χ4n) is 3.37. The highest BCUT2D eigenvalue weighted by molar-refractivity contribution is 5.94. The quantitative estimate of drug-likeness (QED) is 0.146. The third kappa shape index (κ3) is 8.12. The van der Waals surface area contributed by atoms with Gasteiger partial charge in [-0.15, -0.1) is 0 Å². The van der Waals surface area contributed by atoms with E-state index in [-0.39, 0.29) is 11.8 Å². The van der Waals surface area contributed by atoms with Gasteiger partial charge in [0.1, 0.15) is 12.4 Å². The molecule has 1 aromatic rings. The van der Waals surface area contributed by atoms with E-state index in [9.17, 15) is 4.79 Å². The zero-order valence-electron chi connectivity index (χ0n) is 20.2. The predicted octanol–water partition coefficient (Wildman–Crippen LogP) is 5.87. The van der Waals surface area contributed by atoms with E-state index >= 15 is 0 Å². The van der Waals surface area contributed by atoms with Crippen molar-refractivity contribution < 1.29 is 14.3 Å². The number of aliphatic imine (C=N–C) groups is 1. The fraction of sp³-hybridized carbons (Fsp3) is 0.481. The number of nitrogens with zero attached hydrogens (tertiary/aromatic N) is 1. The lowest BCUT2D eigenvalue weighted by Gasteiger charge is -2.14. The van der Waals surface area contributed by atoms with E-state index in [1.807, 2.05) is 25.1 Å². The predicted molar refractivity (Wildman–Crippen MR) is 132 cm³/mol. The summed E-state index contributed by atoms with van der Waals surface area (Å²) in [6.45, 7) is 13.3. The molecular formula is C27H38N2O3. The molecule has 32 heavy (non-hydrogen) atoms. The van der Waals surface area contributed by atoms with Gasteiger partial charge in [-0.1, -0.05) is 44.7 Å². The summed E-state index contributed by atoms with van der Waals surface area (Å²) < 4.78 is 11.2. The van der Waals surface area contributed by atoms with Crippen molar-refractivity contribution in [3.63, 3.8) is 0 Å². The summed E-state index contributed by atoms with van der Waals surface area (Å²) in [4.78, 5) is 16.6. The van der Waals surface area contributed by atoms with Gasteiger partial charge in [-0.05, 0) is 74.3 Å². The summed E-state index contributed by atoms with van der Waals surface area (Å²) >= 11 is 0. The van der Waals surface area contributed by atoms with E-state index in [4.69, 9.17) is 9.47 Å². The Kier molecular flexibility index (Phi) is 10.4. The second kappa shape index (κ2) is 13.0. The second-order valence-corrected chi connectivity index (χ2v) is 8.16. The molecule has 0 spiro atoms. The Hall–Kier alpha value is -2.66. The molecule has 174 valence electrons. The number of nitrogens with one attached hydrogen (secondary N) is 1. The van der Waals surface area contributed by atoms with Crippen LogP contribution in [0.1, 0.15) is 73.9 Å². The Morgan fingerprint density at radius 1 is 1.34 bits per heavy atom. The minimum absolute atomic E-state index is 0.0204. The summed E-state index contributed by atoms with van der Waals surface area (Å²) in [6.07, 6.45) is 10.2. The largest absolute Gasteiger partial charge is 0.441 e. The molecule has 1 amide bonds. The highest BCUT2D eigenvalue weighted by atomic mass is 16.5. The number of carbonyl (C=O) groups is 1. The van der Waals surface area contributed by atoms with Crippen molar-refractivity contribution in [3.8, 4) is 0 Å². The van der Waals surface area contributed by atoms with E-state index in [1.165, 1.54) is 5.56 Å². The van der Waals surface area contributed by atoms with Crippen molar-refractivity contribution in [2.24, 2.45) is 4.99 Å². The van der Waals surface area contributed by atoms with Gasteiger partial charge in [0.15, 0.2) is 0 Å². The van der Waals surface area contributed by atoms with Crippen LogP contribution in [0.2, 0.25) is 0 Å². The Bertz CT molecular complexity index is 879. The van der Waals surface area contributed by atoms with Crippen LogP contribution in [0.25, 0.3) is 0 Å². The van der Waals surface area contributed by atoms with E-state index in [2.05, 4.69) is 55.9 Å². The van der Waals surface area contributed by atoms with Gasteiger partial charge in [0.2, 0.25) is 5.90 Å². The van der Waals surface area contributed by atoms with Crippen LogP contribution in [-0.2, 0) is 9.47 Å². The van der Waals surface area contributed by atoms with Crippen LogP contribution < -0.4 is 5.32 Å². The van der Waals surface area contributed by atoms with Gasteiger partial charge < -0.3 is 14.8 Å². The molecule has 0 saturated heterocycles. The third-order valence-corrected chi connectivity index (χ3v) is 5.44. The van der Waals surface area contributed by atoms with Crippen molar-refractivity contribution >= 4 is 11.8 Å². The minimum atomic E-state index is 0.0204. The van der Waals surface area contributed by atoms with Crippen molar-refractivity contribution in [1.82, 2.24) is 5.32 Å². The van der Waals surface area contributed by atoms with Crippen LogP contribution in [-0.4, -0.2) is 38.1 Å². The molecule has 0 aliphatic heterocycles. The number of carbonyl (C=O) groups excluding carboxylic acids is 1. The number of hydrogen-bond acceptors (Lipinski definition) is 4. The van der Waals surface area contributed by atoms with Crippen LogP contribution in [0, 0.1) is 6.92 Å². The number of aryl methyl sites for hydroxylation is 1. The molecule has 1 aliphatic rings. The number of rotatable bonds is 12.